The van der Waals surface area contributed by atoms with Crippen LogP contribution in [0.5, 0.6) is 0 Å². The van der Waals surface area contributed by atoms with Crippen molar-refractivity contribution in [2.75, 3.05) is 0 Å². The summed E-state index contributed by atoms with van der Waals surface area (Å²) in [4.78, 5) is 27.2. The summed E-state index contributed by atoms with van der Waals surface area (Å²) in [5.74, 6) is -0.158. The Morgan fingerprint density at radius 3 is 2.28 bits per heavy atom. The largest absolute Gasteiger partial charge is 0.478 e. The molecule has 0 spiro atoms. The van der Waals surface area contributed by atoms with E-state index in [0.29, 0.717) is 18.3 Å². The number of aromatic carboxylic acids is 1. The van der Waals surface area contributed by atoms with Gasteiger partial charge in [0, 0.05) is 24.4 Å². The minimum absolute atomic E-state index is 0.0949. The Morgan fingerprint density at radius 1 is 1.03 bits per heavy atom. The third-order valence-corrected chi connectivity index (χ3v) is 5.42. The van der Waals surface area contributed by atoms with Crippen LogP contribution in [0.4, 0.5) is 0 Å². The molecule has 1 heterocycles. The molecule has 1 saturated carbocycles. The number of benzene rings is 1. The van der Waals surface area contributed by atoms with E-state index in [-0.39, 0.29) is 11.5 Å². The standard InChI is InChI=1S/C24H29NO4/c1-24(2,3)29-22(26)12-16-4-6-17(7-5-16)18-8-10-19(11-9-18)20-13-21(23(27)28)15-25-14-20/h8-11,13-17H,4-7,12H2,1-3H3,(H,27,28)/t16-,17-. The maximum atomic E-state index is 12.1. The molecular formula is C24H29NO4. The van der Waals surface area contributed by atoms with Crippen LogP contribution in [0, 0.1) is 5.92 Å². The minimum Gasteiger partial charge on any atom is -0.478 e. The molecule has 1 aromatic heterocycles. The summed E-state index contributed by atoms with van der Waals surface area (Å²) in [5.41, 5.74) is 2.83. The number of aromatic nitrogens is 1. The molecule has 29 heavy (non-hydrogen) atoms. The van der Waals surface area contributed by atoms with E-state index in [4.69, 9.17) is 9.84 Å². The third-order valence-electron chi connectivity index (χ3n) is 5.42. The number of carboxylic acid groups (broad SMARTS) is 1. The summed E-state index contributed by atoms with van der Waals surface area (Å²) in [7, 11) is 0. The molecule has 0 radical (unpaired) electrons. The summed E-state index contributed by atoms with van der Waals surface area (Å²) in [5, 5.41) is 9.13. The zero-order valence-corrected chi connectivity index (χ0v) is 17.4. The summed E-state index contributed by atoms with van der Waals surface area (Å²) < 4.78 is 5.45. The lowest BCUT2D eigenvalue weighted by molar-refractivity contribution is -0.156. The smallest absolute Gasteiger partial charge is 0.337 e. The van der Waals surface area contributed by atoms with Gasteiger partial charge in [0.05, 0.1) is 5.56 Å². The molecule has 0 unspecified atom stereocenters. The summed E-state index contributed by atoms with van der Waals surface area (Å²) in [6.07, 6.45) is 7.77. The first-order chi connectivity index (χ1) is 13.7. The minimum atomic E-state index is -0.973. The number of rotatable bonds is 5. The Bertz CT molecular complexity index is 859. The monoisotopic (exact) mass is 395 g/mol. The van der Waals surface area contributed by atoms with Crippen molar-refractivity contribution in [2.45, 2.75) is 64.4 Å². The van der Waals surface area contributed by atoms with Gasteiger partial charge in [-0.1, -0.05) is 24.3 Å². The van der Waals surface area contributed by atoms with E-state index in [1.807, 2.05) is 32.9 Å². The lowest BCUT2D eigenvalue weighted by Gasteiger charge is -2.29. The van der Waals surface area contributed by atoms with Gasteiger partial charge in [0.2, 0.25) is 0 Å². The van der Waals surface area contributed by atoms with Crippen LogP contribution in [-0.4, -0.2) is 27.6 Å². The van der Waals surface area contributed by atoms with E-state index in [1.165, 1.54) is 11.8 Å². The lowest BCUT2D eigenvalue weighted by Crippen LogP contribution is -2.26. The average molecular weight is 395 g/mol. The summed E-state index contributed by atoms with van der Waals surface area (Å²) in [6, 6.07) is 9.96. The second-order valence-electron chi connectivity index (χ2n) is 8.90. The van der Waals surface area contributed by atoms with E-state index in [0.717, 1.165) is 36.8 Å². The van der Waals surface area contributed by atoms with Gasteiger partial charge in [0.1, 0.15) is 5.60 Å². The van der Waals surface area contributed by atoms with Crippen molar-refractivity contribution in [3.05, 3.63) is 53.9 Å². The van der Waals surface area contributed by atoms with Crippen molar-refractivity contribution >= 4 is 11.9 Å². The van der Waals surface area contributed by atoms with Gasteiger partial charge in [0.15, 0.2) is 0 Å². The fourth-order valence-corrected chi connectivity index (χ4v) is 3.98. The molecule has 154 valence electrons. The van der Waals surface area contributed by atoms with Crippen LogP contribution < -0.4 is 0 Å². The van der Waals surface area contributed by atoms with Gasteiger partial charge in [-0.05, 0) is 75.5 Å². The van der Waals surface area contributed by atoms with Crippen molar-refractivity contribution in [1.29, 1.82) is 0 Å². The van der Waals surface area contributed by atoms with Crippen LogP contribution in [0.2, 0.25) is 0 Å². The van der Waals surface area contributed by atoms with Gasteiger partial charge < -0.3 is 9.84 Å². The Hall–Kier alpha value is -2.69. The van der Waals surface area contributed by atoms with Gasteiger partial charge in [0.25, 0.3) is 0 Å². The average Bonchev–Trinajstić information content (AvgIpc) is 2.67. The van der Waals surface area contributed by atoms with Crippen LogP contribution in [0.15, 0.2) is 42.7 Å². The maximum absolute atomic E-state index is 12.1. The van der Waals surface area contributed by atoms with Crippen LogP contribution in [0.3, 0.4) is 0 Å². The molecular weight excluding hydrogens is 366 g/mol. The predicted octanol–water partition coefficient (Wildman–Crippen LogP) is 5.45. The van der Waals surface area contributed by atoms with Crippen molar-refractivity contribution in [3.8, 4) is 11.1 Å². The molecule has 0 atom stereocenters. The highest BCUT2D eigenvalue weighted by Gasteiger charge is 2.26. The molecule has 1 aromatic carbocycles. The fraction of sp³-hybridized carbons (Fsp3) is 0.458. The molecule has 5 heteroatoms. The molecule has 5 nitrogen and oxygen atoms in total. The van der Waals surface area contributed by atoms with Crippen LogP contribution in [0.25, 0.3) is 11.1 Å². The fourth-order valence-electron chi connectivity index (χ4n) is 3.98. The highest BCUT2D eigenvalue weighted by atomic mass is 16.6. The molecule has 1 fully saturated rings. The quantitative estimate of drug-likeness (QED) is 0.681. The van der Waals surface area contributed by atoms with E-state index >= 15 is 0 Å². The van der Waals surface area contributed by atoms with Crippen molar-refractivity contribution in [2.24, 2.45) is 5.92 Å². The third kappa shape index (κ3) is 5.89. The van der Waals surface area contributed by atoms with E-state index in [2.05, 4.69) is 17.1 Å². The number of carbonyl (C=O) groups is 2. The van der Waals surface area contributed by atoms with E-state index in [9.17, 15) is 9.59 Å². The molecule has 3 rings (SSSR count). The van der Waals surface area contributed by atoms with Crippen molar-refractivity contribution in [1.82, 2.24) is 4.98 Å². The van der Waals surface area contributed by atoms with Crippen LogP contribution in [-0.2, 0) is 9.53 Å². The molecule has 0 bridgehead atoms. The number of hydrogen-bond donors (Lipinski definition) is 1. The number of carboxylic acids is 1. The Morgan fingerprint density at radius 2 is 1.69 bits per heavy atom. The van der Waals surface area contributed by atoms with Crippen LogP contribution in [0.1, 0.15) is 74.7 Å². The summed E-state index contributed by atoms with van der Waals surface area (Å²) >= 11 is 0. The Kier molecular flexibility index (Phi) is 6.36. The molecule has 1 aliphatic carbocycles. The second-order valence-corrected chi connectivity index (χ2v) is 8.90. The summed E-state index contributed by atoms with van der Waals surface area (Å²) in [6.45, 7) is 5.71. The highest BCUT2D eigenvalue weighted by molar-refractivity contribution is 5.88. The number of ether oxygens (including phenoxy) is 1. The number of hydrogen-bond acceptors (Lipinski definition) is 4. The molecule has 0 amide bonds. The Labute approximate surface area is 172 Å². The topological polar surface area (TPSA) is 76.5 Å². The Balaban J connectivity index is 1.57. The first kappa shape index (κ1) is 21.0. The number of nitrogens with zero attached hydrogens (tertiary/aromatic N) is 1. The predicted molar refractivity (Wildman–Crippen MR) is 112 cm³/mol. The number of pyridine rings is 1. The van der Waals surface area contributed by atoms with E-state index < -0.39 is 11.6 Å². The molecule has 1 N–H and O–H groups in total. The maximum Gasteiger partial charge on any atom is 0.337 e. The van der Waals surface area contributed by atoms with E-state index in [1.54, 1.807) is 12.3 Å². The zero-order chi connectivity index (χ0) is 21.0. The second kappa shape index (κ2) is 8.76. The molecule has 0 aliphatic heterocycles. The van der Waals surface area contributed by atoms with Gasteiger partial charge in [-0.3, -0.25) is 9.78 Å². The number of esters is 1. The SMILES string of the molecule is CC(C)(C)OC(=O)C[C@H]1CC[C@H](c2ccc(-c3cncc(C(=O)O)c3)cc2)CC1. The number of carbonyl (C=O) groups excluding carboxylic acids is 1. The molecule has 1 aliphatic rings. The highest BCUT2D eigenvalue weighted by Crippen LogP contribution is 2.38. The van der Waals surface area contributed by atoms with Crippen molar-refractivity contribution < 1.29 is 19.4 Å². The van der Waals surface area contributed by atoms with Gasteiger partial charge in [-0.2, -0.15) is 0 Å². The lowest BCUT2D eigenvalue weighted by atomic mass is 9.77. The van der Waals surface area contributed by atoms with Crippen LogP contribution >= 0.6 is 0 Å². The normalized spacial score (nSPS) is 19.6. The first-order valence-electron chi connectivity index (χ1n) is 10.2. The van der Waals surface area contributed by atoms with Gasteiger partial charge >= 0.3 is 11.9 Å². The zero-order valence-electron chi connectivity index (χ0n) is 17.4. The molecule has 2 aromatic rings. The molecule has 0 saturated heterocycles. The van der Waals surface area contributed by atoms with Gasteiger partial charge in [-0.15, -0.1) is 0 Å². The van der Waals surface area contributed by atoms with Crippen molar-refractivity contribution in [3.63, 3.8) is 0 Å². The first-order valence-corrected chi connectivity index (χ1v) is 10.2. The van der Waals surface area contributed by atoms with Gasteiger partial charge in [-0.25, -0.2) is 4.79 Å².